The normalized spacial score (nSPS) is 12.6. The second-order valence-corrected chi connectivity index (χ2v) is 4.90. The topological polar surface area (TPSA) is 121 Å². The molecule has 0 aliphatic heterocycles. The summed E-state index contributed by atoms with van der Waals surface area (Å²) < 4.78 is 0. The molecule has 0 aliphatic rings. The number of benzene rings is 1. The summed E-state index contributed by atoms with van der Waals surface area (Å²) in [6.45, 7) is 3.65. The first-order chi connectivity index (χ1) is 9.41. The quantitative estimate of drug-likeness (QED) is 0.637. The minimum atomic E-state index is -0.689. The first-order valence-corrected chi connectivity index (χ1v) is 6.22. The predicted molar refractivity (Wildman–Crippen MR) is 76.6 cm³/mol. The van der Waals surface area contributed by atoms with Crippen molar-refractivity contribution in [3.05, 3.63) is 38.9 Å². The third kappa shape index (κ3) is 2.48. The largest absolute Gasteiger partial charge is 0.324 e. The van der Waals surface area contributed by atoms with Crippen LogP contribution >= 0.6 is 0 Å². The summed E-state index contributed by atoms with van der Waals surface area (Å²) in [4.78, 5) is 35.4. The van der Waals surface area contributed by atoms with E-state index in [9.17, 15) is 14.4 Å². The van der Waals surface area contributed by atoms with Crippen LogP contribution in [0.3, 0.4) is 0 Å². The van der Waals surface area contributed by atoms with E-state index in [1.54, 1.807) is 12.1 Å². The van der Waals surface area contributed by atoms with Crippen molar-refractivity contribution in [2.24, 2.45) is 11.7 Å². The van der Waals surface area contributed by atoms with Gasteiger partial charge in [-0.1, -0.05) is 19.9 Å². The van der Waals surface area contributed by atoms with Crippen molar-refractivity contribution in [1.82, 2.24) is 10.2 Å². The van der Waals surface area contributed by atoms with E-state index < -0.39 is 23.1 Å². The number of H-pyrrole nitrogens is 2. The summed E-state index contributed by atoms with van der Waals surface area (Å²) in [6, 6.07) is 3.98. The van der Waals surface area contributed by atoms with E-state index in [0.29, 0.717) is 0 Å². The molecule has 1 atom stereocenters. The smallest absolute Gasteiger partial charge is 0.272 e. The summed E-state index contributed by atoms with van der Waals surface area (Å²) in [6.07, 6.45) is 0. The molecule has 0 radical (unpaired) electrons. The average Bonchev–Trinajstić information content (AvgIpc) is 2.42. The molecule has 0 saturated carbocycles. The molecule has 1 amide bonds. The highest BCUT2D eigenvalue weighted by Gasteiger charge is 2.18. The van der Waals surface area contributed by atoms with Gasteiger partial charge in [-0.3, -0.25) is 24.6 Å². The van der Waals surface area contributed by atoms with Crippen LogP contribution in [0.1, 0.15) is 13.8 Å². The van der Waals surface area contributed by atoms with Crippen LogP contribution in [-0.2, 0) is 4.79 Å². The zero-order valence-corrected chi connectivity index (χ0v) is 11.2. The maximum atomic E-state index is 12.0. The summed E-state index contributed by atoms with van der Waals surface area (Å²) in [5.41, 5.74) is 5.12. The first kappa shape index (κ1) is 14.0. The lowest BCUT2D eigenvalue weighted by Gasteiger charge is -2.15. The van der Waals surface area contributed by atoms with E-state index in [1.165, 1.54) is 6.07 Å². The lowest BCUT2D eigenvalue weighted by atomic mass is 10.0. The van der Waals surface area contributed by atoms with Crippen molar-refractivity contribution in [1.29, 1.82) is 0 Å². The lowest BCUT2D eigenvalue weighted by molar-refractivity contribution is -0.118. The number of hydrogen-bond donors (Lipinski definition) is 4. The van der Waals surface area contributed by atoms with E-state index in [1.807, 2.05) is 13.8 Å². The molecule has 1 aromatic heterocycles. The van der Waals surface area contributed by atoms with Gasteiger partial charge in [-0.2, -0.15) is 0 Å². The third-order valence-corrected chi connectivity index (χ3v) is 3.10. The van der Waals surface area contributed by atoms with Gasteiger partial charge in [-0.05, 0) is 18.1 Å². The number of nitrogens with one attached hydrogen (secondary N) is 3. The second-order valence-electron chi connectivity index (χ2n) is 4.90. The van der Waals surface area contributed by atoms with E-state index in [2.05, 4.69) is 15.5 Å². The monoisotopic (exact) mass is 276 g/mol. The van der Waals surface area contributed by atoms with Gasteiger partial charge in [0.1, 0.15) is 0 Å². The lowest BCUT2D eigenvalue weighted by Crippen LogP contribution is -2.40. The van der Waals surface area contributed by atoms with Crippen molar-refractivity contribution in [3.8, 4) is 0 Å². The number of carbonyl (C=O) groups excluding carboxylic acids is 1. The zero-order chi connectivity index (χ0) is 14.9. The first-order valence-electron chi connectivity index (χ1n) is 6.22. The molecule has 1 heterocycles. The van der Waals surface area contributed by atoms with Crippen molar-refractivity contribution in [2.75, 3.05) is 5.32 Å². The van der Waals surface area contributed by atoms with E-state index in [4.69, 9.17) is 5.73 Å². The summed E-state index contributed by atoms with van der Waals surface area (Å²) in [5, 5.41) is 7.42. The number of aromatic amines is 2. The van der Waals surface area contributed by atoms with Gasteiger partial charge in [0.15, 0.2) is 0 Å². The number of rotatable bonds is 3. The van der Waals surface area contributed by atoms with Gasteiger partial charge in [0.2, 0.25) is 5.91 Å². The van der Waals surface area contributed by atoms with Crippen LogP contribution in [0.15, 0.2) is 27.8 Å². The highest BCUT2D eigenvalue weighted by Crippen LogP contribution is 2.17. The third-order valence-electron chi connectivity index (χ3n) is 3.10. The Labute approximate surface area is 114 Å². The number of nitrogens with two attached hydrogens (primary N) is 1. The molecule has 0 spiro atoms. The molecular formula is C13H16N4O3. The van der Waals surface area contributed by atoms with Crippen molar-refractivity contribution >= 4 is 22.4 Å². The van der Waals surface area contributed by atoms with Crippen LogP contribution in [0.2, 0.25) is 0 Å². The molecule has 106 valence electrons. The van der Waals surface area contributed by atoms with Crippen LogP contribution in [0.5, 0.6) is 0 Å². The fraction of sp³-hybridized carbons (Fsp3) is 0.308. The molecular weight excluding hydrogens is 260 g/mol. The molecule has 7 heteroatoms. The molecule has 0 unspecified atom stereocenters. The maximum Gasteiger partial charge on any atom is 0.272 e. The molecule has 0 aliphatic carbocycles. The Morgan fingerprint density at radius 2 is 1.85 bits per heavy atom. The van der Waals surface area contributed by atoms with E-state index in [0.717, 1.165) is 0 Å². The van der Waals surface area contributed by atoms with Gasteiger partial charge in [-0.15, -0.1) is 0 Å². The number of fused-ring (bicyclic) bond motifs is 1. The van der Waals surface area contributed by atoms with Gasteiger partial charge in [0, 0.05) is 0 Å². The van der Waals surface area contributed by atoms with Gasteiger partial charge in [0.25, 0.3) is 11.1 Å². The summed E-state index contributed by atoms with van der Waals surface area (Å²) in [7, 11) is 0. The predicted octanol–water partition coefficient (Wildman–Crippen LogP) is 0.138. The Balaban J connectivity index is 2.51. The van der Waals surface area contributed by atoms with Crippen LogP contribution < -0.4 is 22.2 Å². The zero-order valence-electron chi connectivity index (χ0n) is 11.2. The second kappa shape index (κ2) is 5.30. The Morgan fingerprint density at radius 3 is 2.50 bits per heavy atom. The molecule has 1 aromatic carbocycles. The van der Waals surface area contributed by atoms with Crippen molar-refractivity contribution < 1.29 is 4.79 Å². The molecule has 20 heavy (non-hydrogen) atoms. The standard InChI is InChI=1S/C13H16N4O3/c1-6(2)10(14)13(20)15-8-5-3-4-7-9(8)12(19)17-16-11(7)18/h3-6,10H,14H2,1-2H3,(H,15,20)(H,16,18)(H,17,19)/t10-/m0/s1. The van der Waals surface area contributed by atoms with Gasteiger partial charge < -0.3 is 11.1 Å². The summed E-state index contributed by atoms with van der Waals surface area (Å²) >= 11 is 0. The Hall–Kier alpha value is -2.41. The Kier molecular flexibility index (Phi) is 3.71. The fourth-order valence-corrected chi connectivity index (χ4v) is 1.85. The Morgan fingerprint density at radius 1 is 1.20 bits per heavy atom. The van der Waals surface area contributed by atoms with Gasteiger partial charge in [-0.25, -0.2) is 0 Å². The highest BCUT2D eigenvalue weighted by molar-refractivity contribution is 6.03. The molecule has 0 saturated heterocycles. The molecule has 7 nitrogen and oxygen atoms in total. The van der Waals surface area contributed by atoms with Gasteiger partial charge >= 0.3 is 0 Å². The average molecular weight is 276 g/mol. The number of carbonyl (C=O) groups is 1. The van der Waals surface area contributed by atoms with Crippen molar-refractivity contribution in [2.45, 2.75) is 19.9 Å². The Bertz CT molecular complexity index is 760. The molecule has 5 N–H and O–H groups in total. The maximum absolute atomic E-state index is 12.0. The van der Waals surface area contributed by atoms with Crippen LogP contribution in [0, 0.1) is 5.92 Å². The van der Waals surface area contributed by atoms with Gasteiger partial charge in [0.05, 0.1) is 22.5 Å². The van der Waals surface area contributed by atoms with Crippen molar-refractivity contribution in [3.63, 3.8) is 0 Å². The SMILES string of the molecule is CC(C)[C@H](N)C(=O)Nc1cccc2c(=O)[nH][nH]c(=O)c12. The van der Waals surface area contributed by atoms with E-state index >= 15 is 0 Å². The van der Waals surface area contributed by atoms with E-state index in [-0.39, 0.29) is 22.4 Å². The highest BCUT2D eigenvalue weighted by atomic mass is 16.2. The fourth-order valence-electron chi connectivity index (χ4n) is 1.85. The number of aromatic nitrogens is 2. The van der Waals surface area contributed by atoms with Crippen LogP contribution in [0.25, 0.3) is 10.8 Å². The molecule has 0 fully saturated rings. The number of anilines is 1. The summed E-state index contributed by atoms with van der Waals surface area (Å²) in [5.74, 6) is -0.432. The minimum Gasteiger partial charge on any atom is -0.324 e. The number of hydrogen-bond acceptors (Lipinski definition) is 4. The molecule has 2 rings (SSSR count). The minimum absolute atomic E-state index is 0.0355. The van der Waals surface area contributed by atoms with Crippen LogP contribution in [0.4, 0.5) is 5.69 Å². The molecule has 2 aromatic rings. The number of amides is 1. The van der Waals surface area contributed by atoms with Crippen LogP contribution in [-0.4, -0.2) is 22.1 Å². The molecule has 0 bridgehead atoms.